The molecule has 0 fully saturated rings. The van der Waals surface area contributed by atoms with Crippen LogP contribution in [0.5, 0.6) is 11.5 Å². The lowest BCUT2D eigenvalue weighted by Crippen LogP contribution is -2.00. The molecule has 0 amide bonds. The van der Waals surface area contributed by atoms with Crippen molar-refractivity contribution in [1.82, 2.24) is 0 Å². The second kappa shape index (κ2) is 5.66. The number of nitro groups is 1. The zero-order valence-electron chi connectivity index (χ0n) is 10.8. The van der Waals surface area contributed by atoms with E-state index in [9.17, 15) is 14.5 Å². The molecule has 2 rings (SSSR count). The fraction of sp³-hybridized carbons (Fsp3) is 0.143. The molecule has 0 saturated carbocycles. The number of hydrogen-bond donors (Lipinski definition) is 1. The number of halogens is 1. The molecule has 5 nitrogen and oxygen atoms in total. The van der Waals surface area contributed by atoms with Crippen molar-refractivity contribution in [3.63, 3.8) is 0 Å². The fourth-order valence-electron chi connectivity index (χ4n) is 1.83. The summed E-state index contributed by atoms with van der Waals surface area (Å²) in [5.41, 5.74) is 6.57. The van der Waals surface area contributed by atoms with Gasteiger partial charge in [-0.3, -0.25) is 10.1 Å². The van der Waals surface area contributed by atoms with Crippen LogP contribution in [0.25, 0.3) is 0 Å². The second-order valence-corrected chi connectivity index (χ2v) is 4.26. The third-order valence-corrected chi connectivity index (χ3v) is 2.84. The number of aryl methyl sites for hydroxylation is 1. The van der Waals surface area contributed by atoms with Crippen LogP contribution in [0.3, 0.4) is 0 Å². The first-order valence-corrected chi connectivity index (χ1v) is 5.92. The molecule has 2 aromatic carbocycles. The van der Waals surface area contributed by atoms with Gasteiger partial charge in [-0.05, 0) is 37.3 Å². The van der Waals surface area contributed by atoms with Crippen molar-refractivity contribution in [2.75, 3.05) is 0 Å². The molecule has 0 aliphatic heterocycles. The summed E-state index contributed by atoms with van der Waals surface area (Å²) in [5.74, 6) is 0.481. The molecule has 0 saturated heterocycles. The summed E-state index contributed by atoms with van der Waals surface area (Å²) in [6.07, 6.45) is 0. The first kappa shape index (κ1) is 14.0. The van der Waals surface area contributed by atoms with Crippen molar-refractivity contribution in [2.24, 2.45) is 5.73 Å². The molecule has 2 N–H and O–H groups in total. The Morgan fingerprint density at radius 3 is 2.65 bits per heavy atom. The highest BCUT2D eigenvalue weighted by atomic mass is 19.1. The highest BCUT2D eigenvalue weighted by Gasteiger charge is 2.12. The van der Waals surface area contributed by atoms with Gasteiger partial charge < -0.3 is 10.5 Å². The standard InChI is InChI=1S/C14H13FN2O3/c1-9-6-12(3-4-13(9)17(18)19)20-14-5-2-11(15)7-10(14)8-16/h2-7H,8,16H2,1H3. The Morgan fingerprint density at radius 1 is 1.30 bits per heavy atom. The number of nitrogens with zero attached hydrogens (tertiary/aromatic N) is 1. The van der Waals surface area contributed by atoms with Crippen LogP contribution in [0, 0.1) is 22.9 Å². The highest BCUT2D eigenvalue weighted by Crippen LogP contribution is 2.29. The van der Waals surface area contributed by atoms with Crippen molar-refractivity contribution in [3.8, 4) is 11.5 Å². The predicted molar refractivity (Wildman–Crippen MR) is 72.2 cm³/mol. The Balaban J connectivity index is 2.31. The minimum absolute atomic E-state index is 0.0236. The molecule has 6 heteroatoms. The Bertz CT molecular complexity index is 659. The van der Waals surface area contributed by atoms with Crippen molar-refractivity contribution in [2.45, 2.75) is 13.5 Å². The lowest BCUT2D eigenvalue weighted by molar-refractivity contribution is -0.385. The molecule has 0 aromatic heterocycles. The van der Waals surface area contributed by atoms with Gasteiger partial charge in [0.15, 0.2) is 0 Å². The van der Waals surface area contributed by atoms with E-state index in [0.29, 0.717) is 22.6 Å². The number of hydrogen-bond acceptors (Lipinski definition) is 4. The summed E-state index contributed by atoms with van der Waals surface area (Å²) in [5, 5.41) is 10.7. The number of nitro benzene ring substituents is 1. The van der Waals surface area contributed by atoms with E-state index in [0.717, 1.165) is 0 Å². The van der Waals surface area contributed by atoms with Gasteiger partial charge >= 0.3 is 0 Å². The number of benzene rings is 2. The molecular formula is C14H13FN2O3. The molecule has 0 atom stereocenters. The fourth-order valence-corrected chi connectivity index (χ4v) is 1.83. The molecule has 0 spiro atoms. The maximum absolute atomic E-state index is 13.1. The Kier molecular flexibility index (Phi) is 3.95. The van der Waals surface area contributed by atoms with Gasteiger partial charge in [0.05, 0.1) is 4.92 Å². The second-order valence-electron chi connectivity index (χ2n) is 4.26. The lowest BCUT2D eigenvalue weighted by Gasteiger charge is -2.10. The average molecular weight is 276 g/mol. The number of rotatable bonds is 4. The number of ether oxygens (including phenoxy) is 1. The summed E-state index contributed by atoms with van der Waals surface area (Å²) in [4.78, 5) is 10.3. The van der Waals surface area contributed by atoms with Gasteiger partial charge in [0, 0.05) is 23.7 Å². The van der Waals surface area contributed by atoms with Crippen molar-refractivity contribution < 1.29 is 14.1 Å². The van der Waals surface area contributed by atoms with Crippen LogP contribution >= 0.6 is 0 Å². The smallest absolute Gasteiger partial charge is 0.272 e. The van der Waals surface area contributed by atoms with Crippen LogP contribution in [0.15, 0.2) is 36.4 Å². The third-order valence-electron chi connectivity index (χ3n) is 2.84. The van der Waals surface area contributed by atoms with Gasteiger partial charge in [-0.15, -0.1) is 0 Å². The van der Waals surface area contributed by atoms with E-state index < -0.39 is 10.7 Å². The van der Waals surface area contributed by atoms with E-state index in [2.05, 4.69) is 0 Å². The zero-order chi connectivity index (χ0) is 14.7. The molecule has 2 aromatic rings. The van der Waals surface area contributed by atoms with Gasteiger partial charge in [0.2, 0.25) is 0 Å². The molecule has 0 aliphatic carbocycles. The maximum atomic E-state index is 13.1. The summed E-state index contributed by atoms with van der Waals surface area (Å²) in [7, 11) is 0. The van der Waals surface area contributed by atoms with Crippen LogP contribution in [0.4, 0.5) is 10.1 Å². The molecular weight excluding hydrogens is 263 g/mol. The molecule has 0 bridgehead atoms. The first-order valence-electron chi connectivity index (χ1n) is 5.92. The molecule has 20 heavy (non-hydrogen) atoms. The van der Waals surface area contributed by atoms with Gasteiger partial charge in [0.1, 0.15) is 17.3 Å². The van der Waals surface area contributed by atoms with Crippen LogP contribution in [-0.4, -0.2) is 4.92 Å². The number of nitrogens with two attached hydrogens (primary N) is 1. The third kappa shape index (κ3) is 2.92. The van der Waals surface area contributed by atoms with E-state index >= 15 is 0 Å². The van der Waals surface area contributed by atoms with Crippen molar-refractivity contribution in [3.05, 3.63) is 63.5 Å². The summed E-state index contributed by atoms with van der Waals surface area (Å²) < 4.78 is 18.7. The van der Waals surface area contributed by atoms with Gasteiger partial charge in [-0.2, -0.15) is 0 Å². The lowest BCUT2D eigenvalue weighted by atomic mass is 10.2. The molecule has 104 valence electrons. The molecule has 0 unspecified atom stereocenters. The van der Waals surface area contributed by atoms with Crippen molar-refractivity contribution in [1.29, 1.82) is 0 Å². The van der Waals surface area contributed by atoms with E-state index in [1.165, 1.54) is 30.3 Å². The largest absolute Gasteiger partial charge is 0.457 e. The topological polar surface area (TPSA) is 78.4 Å². The van der Waals surface area contributed by atoms with E-state index in [1.807, 2.05) is 0 Å². The van der Waals surface area contributed by atoms with Gasteiger partial charge in [-0.25, -0.2) is 4.39 Å². The quantitative estimate of drug-likeness (QED) is 0.686. The summed E-state index contributed by atoms with van der Waals surface area (Å²) >= 11 is 0. The van der Waals surface area contributed by atoms with Crippen LogP contribution in [-0.2, 0) is 6.54 Å². The monoisotopic (exact) mass is 276 g/mol. The van der Waals surface area contributed by atoms with Gasteiger partial charge in [0.25, 0.3) is 5.69 Å². The summed E-state index contributed by atoms with van der Waals surface area (Å²) in [6.45, 7) is 1.76. The first-order chi connectivity index (χ1) is 9.51. The SMILES string of the molecule is Cc1cc(Oc2ccc(F)cc2CN)ccc1[N+](=O)[O-]. The predicted octanol–water partition coefficient (Wildman–Crippen LogP) is 3.29. The maximum Gasteiger partial charge on any atom is 0.272 e. The van der Waals surface area contributed by atoms with E-state index in [-0.39, 0.29) is 12.2 Å². The minimum atomic E-state index is -0.456. The van der Waals surface area contributed by atoms with E-state index in [1.54, 1.807) is 13.0 Å². The highest BCUT2D eigenvalue weighted by molar-refractivity contribution is 5.46. The Labute approximate surface area is 114 Å². The minimum Gasteiger partial charge on any atom is -0.457 e. The summed E-state index contributed by atoms with van der Waals surface area (Å²) in [6, 6.07) is 8.47. The Hall–Kier alpha value is -2.47. The zero-order valence-corrected chi connectivity index (χ0v) is 10.8. The van der Waals surface area contributed by atoms with Gasteiger partial charge in [-0.1, -0.05) is 0 Å². The van der Waals surface area contributed by atoms with E-state index in [4.69, 9.17) is 10.5 Å². The van der Waals surface area contributed by atoms with Crippen LogP contribution < -0.4 is 10.5 Å². The molecule has 0 radical (unpaired) electrons. The Morgan fingerprint density at radius 2 is 2.05 bits per heavy atom. The average Bonchev–Trinajstić information content (AvgIpc) is 2.40. The van der Waals surface area contributed by atoms with Crippen LogP contribution in [0.1, 0.15) is 11.1 Å². The van der Waals surface area contributed by atoms with Crippen LogP contribution in [0.2, 0.25) is 0 Å². The normalized spacial score (nSPS) is 10.3. The molecule has 0 aliphatic rings. The molecule has 0 heterocycles. The van der Waals surface area contributed by atoms with Crippen molar-refractivity contribution >= 4 is 5.69 Å².